The highest BCUT2D eigenvalue weighted by Crippen LogP contribution is 2.28. The highest BCUT2D eigenvalue weighted by Gasteiger charge is 2.44. The Hall–Kier alpha value is -1.55. The Labute approximate surface area is 94.6 Å². The third-order valence-electron chi connectivity index (χ3n) is 3.35. The van der Waals surface area contributed by atoms with E-state index in [1.54, 1.807) is 0 Å². The van der Waals surface area contributed by atoms with E-state index in [9.17, 15) is 4.79 Å². The summed E-state index contributed by atoms with van der Waals surface area (Å²) in [6, 6.07) is 10.4. The number of nitrogens with zero attached hydrogens (tertiary/aromatic N) is 1. The van der Waals surface area contributed by atoms with Crippen molar-refractivity contribution >= 4 is 11.7 Å². The first-order valence-corrected chi connectivity index (χ1v) is 5.69. The molecule has 0 saturated carbocycles. The number of hydrogen-bond donors (Lipinski definition) is 2. The largest absolute Gasteiger partial charge is 0.322 e. The smallest absolute Gasteiger partial charge is 0.316 e. The Morgan fingerprint density at radius 1 is 1.25 bits per heavy atom. The van der Waals surface area contributed by atoms with E-state index in [4.69, 9.17) is 0 Å². The molecule has 0 aromatic heterocycles. The molecule has 2 N–H and O–H groups in total. The molecule has 2 fully saturated rings. The van der Waals surface area contributed by atoms with E-state index >= 15 is 0 Å². The number of nitrogens with one attached hydrogen (secondary N) is 2. The molecule has 0 spiro atoms. The SMILES string of the molecule is O=C(Nc1ccccc1)N1C2CNCC1C2. The lowest BCUT2D eigenvalue weighted by Gasteiger charge is -2.52. The van der Waals surface area contributed by atoms with Crippen LogP contribution in [0.2, 0.25) is 0 Å². The van der Waals surface area contributed by atoms with Crippen LogP contribution in [0.4, 0.5) is 10.5 Å². The van der Waals surface area contributed by atoms with Crippen molar-refractivity contribution in [2.75, 3.05) is 18.4 Å². The third-order valence-corrected chi connectivity index (χ3v) is 3.35. The summed E-state index contributed by atoms with van der Waals surface area (Å²) in [6.07, 6.45) is 1.15. The monoisotopic (exact) mass is 217 g/mol. The number of hydrogen-bond acceptors (Lipinski definition) is 2. The number of piperidine rings is 1. The summed E-state index contributed by atoms with van der Waals surface area (Å²) in [4.78, 5) is 14.0. The lowest BCUT2D eigenvalue weighted by Crippen LogP contribution is -2.70. The molecule has 0 aliphatic carbocycles. The zero-order valence-electron chi connectivity index (χ0n) is 9.02. The molecule has 2 saturated heterocycles. The van der Waals surface area contributed by atoms with Gasteiger partial charge in [-0.2, -0.15) is 0 Å². The van der Waals surface area contributed by atoms with Crippen molar-refractivity contribution in [1.29, 1.82) is 0 Å². The normalized spacial score (nSPS) is 27.1. The van der Waals surface area contributed by atoms with Crippen LogP contribution in [0.1, 0.15) is 6.42 Å². The molecule has 2 unspecified atom stereocenters. The molecule has 2 aliphatic rings. The van der Waals surface area contributed by atoms with Crippen molar-refractivity contribution in [3.05, 3.63) is 30.3 Å². The van der Waals surface area contributed by atoms with Gasteiger partial charge in [0.05, 0.1) is 0 Å². The van der Waals surface area contributed by atoms with E-state index in [0.29, 0.717) is 12.1 Å². The van der Waals surface area contributed by atoms with Gasteiger partial charge in [0.1, 0.15) is 0 Å². The molecular formula is C12H15N3O. The van der Waals surface area contributed by atoms with Crippen LogP contribution in [0.5, 0.6) is 0 Å². The summed E-state index contributed by atoms with van der Waals surface area (Å²) < 4.78 is 0. The molecule has 16 heavy (non-hydrogen) atoms. The second kappa shape index (κ2) is 3.79. The molecule has 1 aromatic carbocycles. The molecule has 2 bridgehead atoms. The average Bonchev–Trinajstić information content (AvgIpc) is 2.31. The summed E-state index contributed by atoms with van der Waals surface area (Å²) in [5.74, 6) is 0. The summed E-state index contributed by atoms with van der Waals surface area (Å²) in [5, 5.41) is 6.24. The molecule has 3 rings (SSSR count). The van der Waals surface area contributed by atoms with Gasteiger partial charge < -0.3 is 15.5 Å². The predicted octanol–water partition coefficient (Wildman–Crippen LogP) is 1.26. The Bertz CT molecular complexity index is 379. The lowest BCUT2D eigenvalue weighted by atomic mass is 9.89. The maximum Gasteiger partial charge on any atom is 0.322 e. The number of amides is 2. The fourth-order valence-corrected chi connectivity index (χ4v) is 2.52. The van der Waals surface area contributed by atoms with Crippen molar-refractivity contribution in [1.82, 2.24) is 10.2 Å². The maximum absolute atomic E-state index is 12.0. The number of carbonyl (C=O) groups excluding carboxylic acids is 1. The van der Waals surface area contributed by atoms with E-state index in [0.717, 1.165) is 25.2 Å². The topological polar surface area (TPSA) is 44.4 Å². The van der Waals surface area contributed by atoms with E-state index < -0.39 is 0 Å². The van der Waals surface area contributed by atoms with E-state index in [1.165, 1.54) is 0 Å². The molecule has 4 nitrogen and oxygen atoms in total. The second-order valence-corrected chi connectivity index (χ2v) is 4.41. The van der Waals surface area contributed by atoms with E-state index in [1.807, 2.05) is 35.2 Å². The van der Waals surface area contributed by atoms with Crippen LogP contribution in [0.25, 0.3) is 0 Å². The molecular weight excluding hydrogens is 202 g/mol. The van der Waals surface area contributed by atoms with Crippen molar-refractivity contribution in [3.63, 3.8) is 0 Å². The fourth-order valence-electron chi connectivity index (χ4n) is 2.52. The molecule has 2 amide bonds. The van der Waals surface area contributed by atoms with Crippen molar-refractivity contribution in [2.45, 2.75) is 18.5 Å². The van der Waals surface area contributed by atoms with Crippen LogP contribution in [0.15, 0.2) is 30.3 Å². The average molecular weight is 217 g/mol. The minimum atomic E-state index is 0.0361. The number of urea groups is 1. The minimum Gasteiger partial charge on any atom is -0.316 e. The molecule has 4 heteroatoms. The molecule has 2 heterocycles. The zero-order chi connectivity index (χ0) is 11.0. The summed E-state index contributed by atoms with van der Waals surface area (Å²) >= 11 is 0. The number of para-hydroxylation sites is 1. The molecule has 2 aliphatic heterocycles. The fraction of sp³-hybridized carbons (Fsp3) is 0.417. The maximum atomic E-state index is 12.0. The first-order chi connectivity index (χ1) is 7.84. The van der Waals surface area contributed by atoms with Gasteiger partial charge in [0, 0.05) is 30.9 Å². The van der Waals surface area contributed by atoms with Gasteiger partial charge in [0.15, 0.2) is 0 Å². The first kappa shape index (κ1) is 9.66. The predicted molar refractivity (Wildman–Crippen MR) is 62.4 cm³/mol. The minimum absolute atomic E-state index is 0.0361. The molecule has 2 atom stereocenters. The van der Waals surface area contributed by atoms with Gasteiger partial charge in [-0.05, 0) is 18.6 Å². The Morgan fingerprint density at radius 3 is 2.56 bits per heavy atom. The lowest BCUT2D eigenvalue weighted by molar-refractivity contribution is 0.0309. The second-order valence-electron chi connectivity index (χ2n) is 4.41. The highest BCUT2D eigenvalue weighted by molar-refractivity contribution is 5.90. The third kappa shape index (κ3) is 1.55. The zero-order valence-corrected chi connectivity index (χ0v) is 9.02. The van der Waals surface area contributed by atoms with Crippen LogP contribution >= 0.6 is 0 Å². The van der Waals surface area contributed by atoms with Gasteiger partial charge in [-0.3, -0.25) is 0 Å². The first-order valence-electron chi connectivity index (χ1n) is 5.69. The quantitative estimate of drug-likeness (QED) is 0.744. The summed E-state index contributed by atoms with van der Waals surface area (Å²) in [7, 11) is 0. The van der Waals surface area contributed by atoms with Crippen molar-refractivity contribution in [3.8, 4) is 0 Å². The summed E-state index contributed by atoms with van der Waals surface area (Å²) in [5.41, 5.74) is 0.866. The van der Waals surface area contributed by atoms with Gasteiger partial charge in [0.2, 0.25) is 0 Å². The number of benzene rings is 1. The highest BCUT2D eigenvalue weighted by atomic mass is 16.2. The number of rotatable bonds is 1. The van der Waals surface area contributed by atoms with Gasteiger partial charge in [-0.25, -0.2) is 4.79 Å². The Balaban J connectivity index is 1.66. The van der Waals surface area contributed by atoms with Crippen LogP contribution < -0.4 is 10.6 Å². The van der Waals surface area contributed by atoms with Gasteiger partial charge in [-0.15, -0.1) is 0 Å². The van der Waals surface area contributed by atoms with Crippen molar-refractivity contribution < 1.29 is 4.79 Å². The molecule has 84 valence electrons. The standard InChI is InChI=1S/C12H15N3O/c16-12(14-9-4-2-1-3-5-9)15-10-6-11(15)8-13-7-10/h1-5,10-11,13H,6-8H2,(H,14,16). The number of carbonyl (C=O) groups is 1. The number of piperazine rings is 1. The van der Waals surface area contributed by atoms with E-state index in [-0.39, 0.29) is 6.03 Å². The molecule has 0 radical (unpaired) electrons. The van der Waals surface area contributed by atoms with Gasteiger partial charge >= 0.3 is 6.03 Å². The Kier molecular flexibility index (Phi) is 2.29. The van der Waals surface area contributed by atoms with Gasteiger partial charge in [0.25, 0.3) is 0 Å². The van der Waals surface area contributed by atoms with Crippen LogP contribution in [-0.4, -0.2) is 36.1 Å². The van der Waals surface area contributed by atoms with Crippen molar-refractivity contribution in [2.24, 2.45) is 0 Å². The summed E-state index contributed by atoms with van der Waals surface area (Å²) in [6.45, 7) is 1.86. The van der Waals surface area contributed by atoms with Gasteiger partial charge in [-0.1, -0.05) is 18.2 Å². The van der Waals surface area contributed by atoms with Crippen LogP contribution in [0.3, 0.4) is 0 Å². The van der Waals surface area contributed by atoms with E-state index in [2.05, 4.69) is 10.6 Å². The number of anilines is 1. The Morgan fingerprint density at radius 2 is 1.94 bits per heavy atom. The van der Waals surface area contributed by atoms with Crippen LogP contribution in [0, 0.1) is 0 Å². The molecule has 1 aromatic rings. The van der Waals surface area contributed by atoms with Crippen LogP contribution in [-0.2, 0) is 0 Å². The number of fused-ring (bicyclic) bond motifs is 2.